The number of carbonyl (C=O) groups is 1. The number of aromatic nitrogens is 3. The predicted molar refractivity (Wildman–Crippen MR) is 139 cm³/mol. The first kappa shape index (κ1) is 25.8. The quantitative estimate of drug-likeness (QED) is 0.169. The highest BCUT2D eigenvalue weighted by Crippen LogP contribution is 2.30. The number of non-ortho nitro benzene ring substituents is 1. The van der Waals surface area contributed by atoms with E-state index in [0.717, 1.165) is 11.1 Å². The van der Waals surface area contributed by atoms with Gasteiger partial charge in [0.25, 0.3) is 5.69 Å². The van der Waals surface area contributed by atoms with Crippen molar-refractivity contribution in [1.29, 1.82) is 0 Å². The third-order valence-corrected chi connectivity index (χ3v) is 6.50. The van der Waals surface area contributed by atoms with Gasteiger partial charge in [-0.05, 0) is 42.3 Å². The summed E-state index contributed by atoms with van der Waals surface area (Å²) in [4.78, 5) is 23.3. The van der Waals surface area contributed by atoms with Crippen LogP contribution in [-0.4, -0.2) is 32.3 Å². The van der Waals surface area contributed by atoms with E-state index in [0.29, 0.717) is 35.4 Å². The van der Waals surface area contributed by atoms with Crippen LogP contribution in [0.1, 0.15) is 29.9 Å². The molecule has 0 aliphatic heterocycles. The first-order valence-corrected chi connectivity index (χ1v) is 12.6. The SMILES string of the molecule is CCNC(=O)NC(Cc1ccccc1)c1nnc(SCc2ccc(F)cc2)n1-c1ccc([N+](=O)[O-])cc1. The van der Waals surface area contributed by atoms with Gasteiger partial charge in [-0.2, -0.15) is 0 Å². The number of nitrogens with zero attached hydrogens (tertiary/aromatic N) is 4. The van der Waals surface area contributed by atoms with Crippen LogP contribution in [0.2, 0.25) is 0 Å². The number of nitrogens with one attached hydrogen (secondary N) is 2. The summed E-state index contributed by atoms with van der Waals surface area (Å²) in [7, 11) is 0. The monoisotopic (exact) mass is 520 g/mol. The van der Waals surface area contributed by atoms with E-state index in [1.54, 1.807) is 28.8 Å². The molecule has 1 unspecified atom stereocenters. The highest BCUT2D eigenvalue weighted by molar-refractivity contribution is 7.98. The molecule has 0 aliphatic rings. The molecule has 3 aromatic carbocycles. The van der Waals surface area contributed by atoms with Gasteiger partial charge in [0.05, 0.1) is 11.0 Å². The lowest BCUT2D eigenvalue weighted by Crippen LogP contribution is -2.39. The Morgan fingerprint density at radius 2 is 1.73 bits per heavy atom. The molecule has 0 radical (unpaired) electrons. The number of benzene rings is 3. The molecule has 2 amide bonds. The molecule has 37 heavy (non-hydrogen) atoms. The molecule has 2 N–H and O–H groups in total. The van der Waals surface area contributed by atoms with Crippen molar-refractivity contribution < 1.29 is 14.1 Å². The van der Waals surface area contributed by atoms with Crippen LogP contribution in [0.3, 0.4) is 0 Å². The van der Waals surface area contributed by atoms with Crippen molar-refractivity contribution in [3.05, 3.63) is 112 Å². The van der Waals surface area contributed by atoms with E-state index in [4.69, 9.17) is 0 Å². The number of thioether (sulfide) groups is 1. The van der Waals surface area contributed by atoms with Gasteiger partial charge in [0.2, 0.25) is 0 Å². The van der Waals surface area contributed by atoms with Crippen LogP contribution in [-0.2, 0) is 12.2 Å². The van der Waals surface area contributed by atoms with Gasteiger partial charge in [-0.3, -0.25) is 14.7 Å². The third-order valence-electron chi connectivity index (χ3n) is 5.50. The van der Waals surface area contributed by atoms with Crippen LogP contribution in [0.15, 0.2) is 84.0 Å². The highest BCUT2D eigenvalue weighted by Gasteiger charge is 2.25. The maximum atomic E-state index is 13.3. The summed E-state index contributed by atoms with van der Waals surface area (Å²) >= 11 is 1.39. The normalized spacial score (nSPS) is 11.6. The van der Waals surface area contributed by atoms with Crippen molar-refractivity contribution in [2.24, 2.45) is 0 Å². The lowest BCUT2D eigenvalue weighted by molar-refractivity contribution is -0.384. The van der Waals surface area contributed by atoms with Gasteiger partial charge >= 0.3 is 6.03 Å². The van der Waals surface area contributed by atoms with Crippen LogP contribution in [0.4, 0.5) is 14.9 Å². The minimum atomic E-state index is -0.545. The van der Waals surface area contributed by atoms with Gasteiger partial charge < -0.3 is 10.6 Å². The topological polar surface area (TPSA) is 115 Å². The molecule has 0 spiro atoms. The van der Waals surface area contributed by atoms with Crippen molar-refractivity contribution in [3.8, 4) is 5.69 Å². The van der Waals surface area contributed by atoms with E-state index in [1.807, 2.05) is 37.3 Å². The molecule has 0 saturated carbocycles. The Labute approximate surface area is 217 Å². The van der Waals surface area contributed by atoms with E-state index in [9.17, 15) is 19.3 Å². The van der Waals surface area contributed by atoms with Crippen molar-refractivity contribution in [1.82, 2.24) is 25.4 Å². The smallest absolute Gasteiger partial charge is 0.315 e. The summed E-state index contributed by atoms with van der Waals surface area (Å²) in [6, 6.07) is 21.1. The summed E-state index contributed by atoms with van der Waals surface area (Å²) in [5, 5.41) is 26.3. The van der Waals surface area contributed by atoms with Crippen molar-refractivity contribution >= 4 is 23.5 Å². The Balaban J connectivity index is 1.73. The van der Waals surface area contributed by atoms with E-state index in [2.05, 4.69) is 20.8 Å². The van der Waals surface area contributed by atoms with Crippen LogP contribution < -0.4 is 10.6 Å². The molecular formula is C26H25FN6O3S. The molecule has 1 aromatic heterocycles. The second-order valence-electron chi connectivity index (χ2n) is 8.11. The van der Waals surface area contributed by atoms with Gasteiger partial charge in [0.1, 0.15) is 5.82 Å². The first-order valence-electron chi connectivity index (χ1n) is 11.6. The van der Waals surface area contributed by atoms with Crippen molar-refractivity contribution in [2.45, 2.75) is 30.3 Å². The Bertz CT molecular complexity index is 1350. The molecule has 1 heterocycles. The van der Waals surface area contributed by atoms with Gasteiger partial charge in [-0.1, -0.05) is 54.2 Å². The van der Waals surface area contributed by atoms with Crippen LogP contribution in [0.5, 0.6) is 0 Å². The number of amides is 2. The molecule has 0 fully saturated rings. The minimum absolute atomic E-state index is 0.0415. The summed E-state index contributed by atoms with van der Waals surface area (Å²) in [6.45, 7) is 2.28. The van der Waals surface area contributed by atoms with Gasteiger partial charge in [-0.25, -0.2) is 9.18 Å². The molecule has 4 rings (SSSR count). The fourth-order valence-electron chi connectivity index (χ4n) is 3.72. The Morgan fingerprint density at radius 1 is 1.03 bits per heavy atom. The molecule has 0 saturated heterocycles. The number of urea groups is 1. The molecule has 0 bridgehead atoms. The number of carbonyl (C=O) groups excluding carboxylic acids is 1. The van der Waals surface area contributed by atoms with Crippen LogP contribution >= 0.6 is 11.8 Å². The van der Waals surface area contributed by atoms with E-state index < -0.39 is 11.0 Å². The molecule has 4 aromatic rings. The lowest BCUT2D eigenvalue weighted by Gasteiger charge is -2.20. The molecular weight excluding hydrogens is 495 g/mol. The van der Waals surface area contributed by atoms with Crippen molar-refractivity contribution in [2.75, 3.05) is 6.54 Å². The summed E-state index contributed by atoms with van der Waals surface area (Å²) < 4.78 is 15.1. The third kappa shape index (κ3) is 6.70. The number of halogens is 1. The molecule has 9 nitrogen and oxygen atoms in total. The lowest BCUT2D eigenvalue weighted by atomic mass is 10.1. The molecule has 190 valence electrons. The molecule has 0 aliphatic carbocycles. The highest BCUT2D eigenvalue weighted by atomic mass is 32.2. The number of rotatable bonds is 10. The van der Waals surface area contributed by atoms with Gasteiger partial charge in [-0.15, -0.1) is 10.2 Å². The Morgan fingerprint density at radius 3 is 2.38 bits per heavy atom. The Hall–Kier alpha value is -4.25. The predicted octanol–water partition coefficient (Wildman–Crippen LogP) is 5.21. The molecule has 1 atom stereocenters. The summed E-state index contributed by atoms with van der Waals surface area (Å²) in [5.41, 5.74) is 2.46. The maximum absolute atomic E-state index is 13.3. The van der Waals surface area contributed by atoms with Gasteiger partial charge in [0, 0.05) is 36.5 Å². The number of nitro groups is 1. The summed E-state index contributed by atoms with van der Waals surface area (Å²) in [5.74, 6) is 0.661. The second-order valence-corrected chi connectivity index (χ2v) is 9.05. The van der Waals surface area contributed by atoms with E-state index in [1.165, 1.54) is 36.0 Å². The van der Waals surface area contributed by atoms with Crippen molar-refractivity contribution in [3.63, 3.8) is 0 Å². The maximum Gasteiger partial charge on any atom is 0.315 e. The summed E-state index contributed by atoms with van der Waals surface area (Å²) in [6.07, 6.45) is 0.450. The minimum Gasteiger partial charge on any atom is -0.338 e. The zero-order valence-corrected chi connectivity index (χ0v) is 20.8. The largest absolute Gasteiger partial charge is 0.338 e. The van der Waals surface area contributed by atoms with E-state index in [-0.39, 0.29) is 17.5 Å². The van der Waals surface area contributed by atoms with E-state index >= 15 is 0 Å². The zero-order chi connectivity index (χ0) is 26.2. The second kappa shape index (κ2) is 12.1. The standard InChI is InChI=1S/C26H25FN6O3S/c1-2-28-25(34)29-23(16-18-6-4-3-5-7-18)24-30-31-26(37-17-19-8-10-20(27)11-9-19)32(24)21-12-14-22(15-13-21)33(35)36/h3-15,23H,2,16-17H2,1H3,(H2,28,29,34). The fraction of sp³-hybridized carbons (Fsp3) is 0.192. The number of hydrogen-bond acceptors (Lipinski definition) is 6. The zero-order valence-electron chi connectivity index (χ0n) is 20.0. The molecule has 11 heteroatoms. The van der Waals surface area contributed by atoms with Gasteiger partial charge in [0.15, 0.2) is 11.0 Å². The number of nitro benzene ring substituents is 1. The first-order chi connectivity index (χ1) is 17.9. The van der Waals surface area contributed by atoms with Crippen LogP contribution in [0, 0.1) is 15.9 Å². The van der Waals surface area contributed by atoms with Crippen LogP contribution in [0.25, 0.3) is 5.69 Å². The average Bonchev–Trinajstić information content (AvgIpc) is 3.33. The average molecular weight is 521 g/mol. The number of hydrogen-bond donors (Lipinski definition) is 2. The fourth-order valence-corrected chi connectivity index (χ4v) is 4.64. The Kier molecular flexibility index (Phi) is 8.47.